The monoisotopic (exact) mass is 381 g/mol. The number of thioether (sulfide) groups is 1. The third-order valence-electron chi connectivity index (χ3n) is 4.37. The van der Waals surface area contributed by atoms with E-state index in [1.807, 2.05) is 30.3 Å². The van der Waals surface area contributed by atoms with Gasteiger partial charge in [0.15, 0.2) is 5.16 Å². The van der Waals surface area contributed by atoms with Crippen molar-refractivity contribution in [2.45, 2.75) is 24.0 Å². The Morgan fingerprint density at radius 2 is 2.07 bits per heavy atom. The van der Waals surface area contributed by atoms with Crippen LogP contribution in [0, 0.1) is 0 Å². The molecule has 0 unspecified atom stereocenters. The van der Waals surface area contributed by atoms with Gasteiger partial charge in [0.2, 0.25) is 5.91 Å². The summed E-state index contributed by atoms with van der Waals surface area (Å²) in [6.07, 6.45) is 1.95. The molecule has 138 valence electrons. The molecule has 1 aromatic heterocycles. The fourth-order valence-electron chi connectivity index (χ4n) is 2.91. The molecule has 1 fully saturated rings. The molecule has 1 aliphatic rings. The summed E-state index contributed by atoms with van der Waals surface area (Å²) in [7, 11) is 1.58. The van der Waals surface area contributed by atoms with Gasteiger partial charge in [0.05, 0.1) is 23.8 Å². The second-order valence-electron chi connectivity index (χ2n) is 6.39. The highest BCUT2D eigenvalue weighted by Gasteiger charge is 2.28. The number of carbonyl (C=O) groups excluding carboxylic acids is 1. The Labute approximate surface area is 160 Å². The Bertz CT molecular complexity index is 1060. The molecule has 1 amide bonds. The van der Waals surface area contributed by atoms with Gasteiger partial charge in [-0.25, -0.2) is 4.98 Å². The molecule has 1 heterocycles. The summed E-state index contributed by atoms with van der Waals surface area (Å²) >= 11 is 1.29. The summed E-state index contributed by atoms with van der Waals surface area (Å²) in [5.41, 5.74) is 1.31. The average Bonchev–Trinajstić information content (AvgIpc) is 3.51. The third kappa shape index (κ3) is 3.83. The van der Waals surface area contributed by atoms with Crippen molar-refractivity contribution < 1.29 is 9.53 Å². The highest BCUT2D eigenvalue weighted by molar-refractivity contribution is 7.99. The van der Waals surface area contributed by atoms with E-state index in [-0.39, 0.29) is 23.3 Å². The lowest BCUT2D eigenvalue weighted by molar-refractivity contribution is -0.113. The number of methoxy groups -OCH3 is 1. The maximum atomic E-state index is 12.8. The van der Waals surface area contributed by atoms with E-state index in [1.165, 1.54) is 11.8 Å². The number of aromatic nitrogens is 2. The van der Waals surface area contributed by atoms with Crippen molar-refractivity contribution in [3.63, 3.8) is 0 Å². The van der Waals surface area contributed by atoms with Crippen LogP contribution in [0.15, 0.2) is 58.5 Å². The van der Waals surface area contributed by atoms with Crippen molar-refractivity contribution in [1.29, 1.82) is 0 Å². The van der Waals surface area contributed by atoms with Crippen LogP contribution in [0.5, 0.6) is 5.75 Å². The second-order valence-corrected chi connectivity index (χ2v) is 7.33. The topological polar surface area (TPSA) is 73.2 Å². The summed E-state index contributed by atoms with van der Waals surface area (Å²) in [5, 5.41) is 4.07. The fourth-order valence-corrected chi connectivity index (χ4v) is 3.78. The van der Waals surface area contributed by atoms with Crippen LogP contribution >= 0.6 is 11.8 Å². The van der Waals surface area contributed by atoms with Gasteiger partial charge in [-0.3, -0.25) is 14.2 Å². The van der Waals surface area contributed by atoms with Gasteiger partial charge in [0, 0.05) is 17.8 Å². The van der Waals surface area contributed by atoms with Crippen molar-refractivity contribution in [3.8, 4) is 5.75 Å². The SMILES string of the molecule is COc1cccc(NC(=O)CSc2nc3ccccc3c(=O)n2C2CC2)c1. The molecule has 0 bridgehead atoms. The molecule has 0 spiro atoms. The summed E-state index contributed by atoms with van der Waals surface area (Å²) in [6, 6.07) is 14.7. The molecule has 2 aromatic carbocycles. The van der Waals surface area contributed by atoms with E-state index in [1.54, 1.807) is 29.9 Å². The van der Waals surface area contributed by atoms with E-state index >= 15 is 0 Å². The molecule has 1 aliphatic carbocycles. The molecule has 6 nitrogen and oxygen atoms in total. The lowest BCUT2D eigenvalue weighted by atomic mass is 10.2. The van der Waals surface area contributed by atoms with E-state index in [4.69, 9.17) is 4.74 Å². The zero-order valence-electron chi connectivity index (χ0n) is 14.8. The molecule has 3 aromatic rings. The minimum Gasteiger partial charge on any atom is -0.497 e. The third-order valence-corrected chi connectivity index (χ3v) is 5.33. The Morgan fingerprint density at radius 1 is 1.26 bits per heavy atom. The number of hydrogen-bond donors (Lipinski definition) is 1. The van der Waals surface area contributed by atoms with Gasteiger partial charge >= 0.3 is 0 Å². The number of benzene rings is 2. The number of ether oxygens (including phenoxy) is 1. The summed E-state index contributed by atoms with van der Waals surface area (Å²) in [6.45, 7) is 0. The van der Waals surface area contributed by atoms with Crippen LogP contribution in [-0.4, -0.2) is 28.3 Å². The largest absolute Gasteiger partial charge is 0.497 e. The highest BCUT2D eigenvalue weighted by atomic mass is 32.2. The fraction of sp³-hybridized carbons (Fsp3) is 0.250. The van der Waals surface area contributed by atoms with E-state index < -0.39 is 0 Å². The number of carbonyl (C=O) groups is 1. The number of nitrogens with one attached hydrogen (secondary N) is 1. The smallest absolute Gasteiger partial charge is 0.262 e. The van der Waals surface area contributed by atoms with Gasteiger partial charge in [-0.2, -0.15) is 0 Å². The molecule has 27 heavy (non-hydrogen) atoms. The maximum Gasteiger partial charge on any atom is 0.262 e. The zero-order chi connectivity index (χ0) is 18.8. The average molecular weight is 381 g/mol. The lowest BCUT2D eigenvalue weighted by Crippen LogP contribution is -2.23. The molecule has 0 atom stereocenters. The van der Waals surface area contributed by atoms with Gasteiger partial charge in [0.1, 0.15) is 5.75 Å². The van der Waals surface area contributed by atoms with Crippen LogP contribution < -0.4 is 15.6 Å². The molecule has 1 N–H and O–H groups in total. The quantitative estimate of drug-likeness (QED) is 0.523. The molecule has 0 radical (unpaired) electrons. The zero-order valence-corrected chi connectivity index (χ0v) is 15.7. The van der Waals surface area contributed by atoms with E-state index in [0.717, 1.165) is 12.8 Å². The normalized spacial score (nSPS) is 13.5. The van der Waals surface area contributed by atoms with Crippen LogP contribution in [-0.2, 0) is 4.79 Å². The highest BCUT2D eigenvalue weighted by Crippen LogP contribution is 2.36. The van der Waals surface area contributed by atoms with Crippen molar-refractivity contribution in [2.24, 2.45) is 0 Å². The van der Waals surface area contributed by atoms with Gasteiger partial charge in [-0.15, -0.1) is 0 Å². The molecule has 0 saturated heterocycles. The van der Waals surface area contributed by atoms with E-state index in [2.05, 4.69) is 10.3 Å². The number of fused-ring (bicyclic) bond motifs is 1. The lowest BCUT2D eigenvalue weighted by Gasteiger charge is -2.12. The first-order chi connectivity index (χ1) is 13.2. The van der Waals surface area contributed by atoms with Crippen molar-refractivity contribution >= 4 is 34.3 Å². The molecular weight excluding hydrogens is 362 g/mol. The van der Waals surface area contributed by atoms with Crippen molar-refractivity contribution in [3.05, 3.63) is 58.9 Å². The van der Waals surface area contributed by atoms with Crippen molar-refractivity contribution in [2.75, 3.05) is 18.2 Å². The Kier molecular flexibility index (Phi) is 4.85. The minimum atomic E-state index is -0.155. The van der Waals surface area contributed by atoms with E-state index in [9.17, 15) is 9.59 Å². The molecule has 4 rings (SSSR count). The Hall–Kier alpha value is -2.80. The number of amides is 1. The number of hydrogen-bond acceptors (Lipinski definition) is 5. The van der Waals surface area contributed by atoms with Gasteiger partial charge in [-0.1, -0.05) is 30.0 Å². The summed E-state index contributed by atoms with van der Waals surface area (Å²) < 4.78 is 6.91. The van der Waals surface area contributed by atoms with Crippen molar-refractivity contribution in [1.82, 2.24) is 9.55 Å². The summed E-state index contributed by atoms with van der Waals surface area (Å²) in [4.78, 5) is 29.8. The van der Waals surface area contributed by atoms with Crippen LogP contribution in [0.1, 0.15) is 18.9 Å². The number of nitrogens with zero attached hydrogens (tertiary/aromatic N) is 2. The van der Waals surface area contributed by atoms with Crippen LogP contribution in [0.4, 0.5) is 5.69 Å². The summed E-state index contributed by atoms with van der Waals surface area (Å²) in [5.74, 6) is 0.701. The number of rotatable bonds is 6. The van der Waals surface area contributed by atoms with Gasteiger partial charge in [0.25, 0.3) is 5.56 Å². The second kappa shape index (κ2) is 7.44. The Morgan fingerprint density at radius 3 is 2.85 bits per heavy atom. The number of anilines is 1. The van der Waals surface area contributed by atoms with Crippen LogP contribution in [0.25, 0.3) is 10.9 Å². The predicted octanol–water partition coefficient (Wildman–Crippen LogP) is 3.47. The molecule has 0 aliphatic heterocycles. The van der Waals surface area contributed by atoms with Gasteiger partial charge in [-0.05, 0) is 37.1 Å². The molecule has 7 heteroatoms. The van der Waals surface area contributed by atoms with Crippen LogP contribution in [0.2, 0.25) is 0 Å². The first kappa shape index (κ1) is 17.6. The maximum absolute atomic E-state index is 12.8. The Balaban J connectivity index is 1.53. The van der Waals surface area contributed by atoms with Crippen LogP contribution in [0.3, 0.4) is 0 Å². The predicted molar refractivity (Wildman–Crippen MR) is 107 cm³/mol. The molecule has 1 saturated carbocycles. The van der Waals surface area contributed by atoms with E-state index in [0.29, 0.717) is 27.5 Å². The first-order valence-electron chi connectivity index (χ1n) is 8.73. The van der Waals surface area contributed by atoms with Gasteiger partial charge < -0.3 is 10.1 Å². The molecular formula is C20H19N3O3S. The minimum absolute atomic E-state index is 0.0289. The number of para-hydroxylation sites is 1. The first-order valence-corrected chi connectivity index (χ1v) is 9.72. The standard InChI is InChI=1S/C20H19N3O3S/c1-26-15-6-4-5-13(11-15)21-18(24)12-27-20-22-17-8-3-2-7-16(17)19(25)23(20)14-9-10-14/h2-8,11,14H,9-10,12H2,1H3,(H,21,24).